The van der Waals surface area contributed by atoms with Gasteiger partial charge >= 0.3 is 6.09 Å². The lowest BCUT2D eigenvalue weighted by molar-refractivity contribution is 0.0469. The van der Waals surface area contributed by atoms with E-state index in [2.05, 4.69) is 31.2 Å². The number of rotatable bonds is 2. The van der Waals surface area contributed by atoms with Gasteiger partial charge in [-0.15, -0.1) is 0 Å². The van der Waals surface area contributed by atoms with Crippen LogP contribution in [0.15, 0.2) is 17.0 Å². The average molecular weight is 402 g/mol. The van der Waals surface area contributed by atoms with Gasteiger partial charge in [0.15, 0.2) is 5.15 Å². The highest BCUT2D eigenvalue weighted by molar-refractivity contribution is 9.10. The Kier molecular flexibility index (Phi) is 4.27. The van der Waals surface area contributed by atoms with Gasteiger partial charge in [-0.05, 0) is 49.5 Å². The monoisotopic (exact) mass is 400 g/mol. The largest absolute Gasteiger partial charge is 0.444 e. The summed E-state index contributed by atoms with van der Waals surface area (Å²) in [5, 5.41) is 3.31. The molecule has 1 aliphatic carbocycles. The van der Waals surface area contributed by atoms with Gasteiger partial charge in [-0.3, -0.25) is 4.40 Å². The fourth-order valence-electron chi connectivity index (χ4n) is 2.69. The number of carbonyl (C=O) groups is 1. The summed E-state index contributed by atoms with van der Waals surface area (Å²) in [5.74, 6) is 1.20. The van der Waals surface area contributed by atoms with E-state index in [1.807, 2.05) is 31.4 Å². The van der Waals surface area contributed by atoms with Crippen LogP contribution in [-0.2, 0) is 4.74 Å². The second-order valence-corrected chi connectivity index (χ2v) is 7.82. The summed E-state index contributed by atoms with van der Waals surface area (Å²) < 4.78 is 7.91. The summed E-state index contributed by atoms with van der Waals surface area (Å²) in [6, 6.07) is 0.110. The lowest BCUT2D eigenvalue weighted by Gasteiger charge is -2.35. The second kappa shape index (κ2) is 5.94. The molecular weight excluding hydrogens is 384 g/mol. The van der Waals surface area contributed by atoms with Crippen molar-refractivity contribution < 1.29 is 9.53 Å². The Morgan fingerprint density at radius 2 is 2.17 bits per heavy atom. The standard InChI is InChI=1S/C15H18BrClN4O2/c1-15(2,3)23-14(22)19-9-6-8(7-9)13-20-11(16)10-12(17)18-4-5-21(10)13/h4-5,8-9H,6-7H2,1-3H3,(H,19,22). The van der Waals surface area contributed by atoms with Crippen LogP contribution in [0.4, 0.5) is 4.79 Å². The Morgan fingerprint density at radius 1 is 1.48 bits per heavy atom. The Balaban J connectivity index is 1.66. The molecule has 2 aromatic heterocycles. The molecule has 1 aliphatic rings. The molecule has 2 aromatic rings. The minimum absolute atomic E-state index is 0.110. The zero-order valence-corrected chi connectivity index (χ0v) is 15.5. The molecule has 0 saturated heterocycles. The highest BCUT2D eigenvalue weighted by atomic mass is 79.9. The van der Waals surface area contributed by atoms with Crippen molar-refractivity contribution in [2.24, 2.45) is 0 Å². The molecule has 23 heavy (non-hydrogen) atoms. The molecule has 1 saturated carbocycles. The minimum Gasteiger partial charge on any atom is -0.444 e. The quantitative estimate of drug-likeness (QED) is 0.828. The summed E-state index contributed by atoms with van der Waals surface area (Å²) in [6.45, 7) is 5.55. The van der Waals surface area contributed by atoms with Gasteiger partial charge in [0.2, 0.25) is 0 Å². The number of aromatic nitrogens is 3. The van der Waals surface area contributed by atoms with Gasteiger partial charge in [0.25, 0.3) is 0 Å². The smallest absolute Gasteiger partial charge is 0.407 e. The predicted molar refractivity (Wildman–Crippen MR) is 90.8 cm³/mol. The first-order valence-corrected chi connectivity index (χ1v) is 8.59. The van der Waals surface area contributed by atoms with Crippen molar-refractivity contribution in [1.82, 2.24) is 19.7 Å². The van der Waals surface area contributed by atoms with Crippen LogP contribution >= 0.6 is 27.5 Å². The van der Waals surface area contributed by atoms with Gasteiger partial charge < -0.3 is 10.1 Å². The number of hydrogen-bond acceptors (Lipinski definition) is 4. The molecule has 0 bridgehead atoms. The Bertz CT molecular complexity index is 750. The van der Waals surface area contributed by atoms with E-state index in [0.717, 1.165) is 24.2 Å². The number of amides is 1. The average Bonchev–Trinajstić information content (AvgIpc) is 2.70. The summed E-state index contributed by atoms with van der Waals surface area (Å²) in [5.41, 5.74) is 0.286. The van der Waals surface area contributed by atoms with E-state index in [4.69, 9.17) is 16.3 Å². The molecule has 2 heterocycles. The molecule has 6 nitrogen and oxygen atoms in total. The SMILES string of the molecule is CC(C)(C)OC(=O)NC1CC(c2nc(Br)c3c(Cl)nccn23)C1. The lowest BCUT2D eigenvalue weighted by Crippen LogP contribution is -2.45. The zero-order chi connectivity index (χ0) is 16.8. The first-order chi connectivity index (χ1) is 10.7. The van der Waals surface area contributed by atoms with Crippen LogP contribution in [0.1, 0.15) is 45.4 Å². The first-order valence-electron chi connectivity index (χ1n) is 7.42. The van der Waals surface area contributed by atoms with Crippen molar-refractivity contribution in [3.63, 3.8) is 0 Å². The summed E-state index contributed by atoms with van der Waals surface area (Å²) in [4.78, 5) is 20.4. The van der Waals surface area contributed by atoms with Crippen molar-refractivity contribution in [1.29, 1.82) is 0 Å². The van der Waals surface area contributed by atoms with Crippen molar-refractivity contribution in [3.8, 4) is 0 Å². The third kappa shape index (κ3) is 3.45. The Labute approximate surface area is 147 Å². The first kappa shape index (κ1) is 16.5. The topological polar surface area (TPSA) is 68.5 Å². The molecular formula is C15H18BrClN4O2. The van der Waals surface area contributed by atoms with E-state index in [9.17, 15) is 4.79 Å². The van der Waals surface area contributed by atoms with E-state index < -0.39 is 5.60 Å². The van der Waals surface area contributed by atoms with Crippen LogP contribution < -0.4 is 5.32 Å². The van der Waals surface area contributed by atoms with Crippen molar-refractivity contribution in [2.45, 2.75) is 51.2 Å². The number of halogens is 2. The van der Waals surface area contributed by atoms with Gasteiger partial charge in [0, 0.05) is 24.4 Å². The molecule has 0 spiro atoms. The van der Waals surface area contributed by atoms with Crippen LogP contribution in [0.2, 0.25) is 5.15 Å². The van der Waals surface area contributed by atoms with E-state index in [1.165, 1.54) is 0 Å². The number of alkyl carbamates (subject to hydrolysis) is 1. The van der Waals surface area contributed by atoms with E-state index in [1.54, 1.807) is 6.20 Å². The van der Waals surface area contributed by atoms with Gasteiger partial charge in [-0.25, -0.2) is 14.8 Å². The summed E-state index contributed by atoms with van der Waals surface area (Å²) in [6.07, 6.45) is 4.78. The number of fused-ring (bicyclic) bond motifs is 1. The molecule has 1 fully saturated rings. The fraction of sp³-hybridized carbons (Fsp3) is 0.533. The number of carbonyl (C=O) groups excluding carboxylic acids is 1. The Morgan fingerprint density at radius 3 is 2.83 bits per heavy atom. The van der Waals surface area contributed by atoms with Crippen LogP contribution in [-0.4, -0.2) is 32.1 Å². The number of ether oxygens (including phenoxy) is 1. The normalized spacial score (nSPS) is 21.1. The van der Waals surface area contributed by atoms with Gasteiger partial charge in [0.1, 0.15) is 21.5 Å². The highest BCUT2D eigenvalue weighted by Gasteiger charge is 2.35. The van der Waals surface area contributed by atoms with E-state index >= 15 is 0 Å². The maximum atomic E-state index is 11.8. The molecule has 0 atom stereocenters. The molecule has 0 aliphatic heterocycles. The van der Waals surface area contributed by atoms with Crippen LogP contribution in [0.25, 0.3) is 5.52 Å². The molecule has 0 aromatic carbocycles. The molecule has 8 heteroatoms. The number of imidazole rings is 1. The number of nitrogens with zero attached hydrogens (tertiary/aromatic N) is 3. The van der Waals surface area contributed by atoms with Crippen molar-refractivity contribution in [2.75, 3.05) is 0 Å². The van der Waals surface area contributed by atoms with Gasteiger partial charge in [-0.1, -0.05) is 11.6 Å². The molecule has 0 radical (unpaired) electrons. The fourth-order valence-corrected chi connectivity index (χ4v) is 3.60. The molecule has 124 valence electrons. The lowest BCUT2D eigenvalue weighted by atomic mass is 9.80. The van der Waals surface area contributed by atoms with E-state index in [-0.39, 0.29) is 18.1 Å². The maximum absolute atomic E-state index is 11.8. The summed E-state index contributed by atoms with van der Waals surface area (Å²) in [7, 11) is 0. The Hall–Kier alpha value is -1.34. The molecule has 1 amide bonds. The molecule has 3 rings (SSSR count). The molecule has 1 N–H and O–H groups in total. The maximum Gasteiger partial charge on any atom is 0.407 e. The van der Waals surface area contributed by atoms with Gasteiger partial charge in [-0.2, -0.15) is 0 Å². The van der Waals surface area contributed by atoms with Crippen molar-refractivity contribution in [3.05, 3.63) is 28.0 Å². The van der Waals surface area contributed by atoms with Crippen molar-refractivity contribution >= 4 is 39.1 Å². The summed E-state index contributed by atoms with van der Waals surface area (Å²) >= 11 is 9.56. The van der Waals surface area contributed by atoms with Crippen LogP contribution in [0.3, 0.4) is 0 Å². The minimum atomic E-state index is -0.485. The third-order valence-corrected chi connectivity index (χ3v) is 4.55. The second-order valence-electron chi connectivity index (χ2n) is 6.71. The third-order valence-electron chi connectivity index (χ3n) is 3.72. The molecule has 0 unspecified atom stereocenters. The van der Waals surface area contributed by atoms with E-state index in [0.29, 0.717) is 9.76 Å². The van der Waals surface area contributed by atoms with Crippen LogP contribution in [0.5, 0.6) is 0 Å². The van der Waals surface area contributed by atoms with Gasteiger partial charge in [0.05, 0.1) is 0 Å². The number of hydrogen-bond donors (Lipinski definition) is 1. The number of nitrogens with one attached hydrogen (secondary N) is 1. The predicted octanol–water partition coefficient (Wildman–Crippen LogP) is 3.92. The van der Waals surface area contributed by atoms with Crippen LogP contribution in [0, 0.1) is 0 Å². The highest BCUT2D eigenvalue weighted by Crippen LogP contribution is 2.38. The zero-order valence-electron chi connectivity index (χ0n) is 13.1.